The van der Waals surface area contributed by atoms with Crippen LogP contribution in [0.3, 0.4) is 0 Å². The van der Waals surface area contributed by atoms with Crippen molar-refractivity contribution in [1.82, 2.24) is 4.90 Å². The molecule has 0 bridgehead atoms. The quantitative estimate of drug-likeness (QED) is 0.206. The predicted molar refractivity (Wildman–Crippen MR) is 160 cm³/mol. The van der Waals surface area contributed by atoms with Crippen molar-refractivity contribution in [2.45, 2.75) is 18.0 Å². The molecule has 1 aliphatic heterocycles. The van der Waals surface area contributed by atoms with E-state index < -0.39 is 24.0 Å². The molecule has 0 saturated carbocycles. The lowest BCUT2D eigenvalue weighted by atomic mass is 9.79. The minimum atomic E-state index is -0.479. The number of ether oxygens (including phenoxy) is 1. The van der Waals surface area contributed by atoms with Crippen LogP contribution < -0.4 is 0 Å². The molecule has 0 aliphatic carbocycles. The van der Waals surface area contributed by atoms with Gasteiger partial charge in [0, 0.05) is 5.56 Å². The lowest BCUT2D eigenvalue weighted by Crippen LogP contribution is -2.44. The SMILES string of the molecule is O=C(OC1=C[C@@H](c2ccccc2)N(C(=O)c2ccccc2)[C@@H](c2ccccc2)[C@H]1c1ccccc1)c1ccccc1. The molecule has 5 aromatic rings. The smallest absolute Gasteiger partial charge is 0.343 e. The zero-order valence-corrected chi connectivity index (χ0v) is 22.4. The summed E-state index contributed by atoms with van der Waals surface area (Å²) in [6, 6.07) is 47.3. The molecule has 0 aromatic heterocycles. The molecule has 5 aromatic carbocycles. The average molecular weight is 536 g/mol. The van der Waals surface area contributed by atoms with Crippen LogP contribution in [-0.2, 0) is 4.74 Å². The molecule has 0 saturated heterocycles. The first-order valence-corrected chi connectivity index (χ1v) is 13.7. The Bertz CT molecular complexity index is 1640. The molecule has 6 rings (SSSR count). The fourth-order valence-electron chi connectivity index (χ4n) is 5.57. The molecule has 0 N–H and O–H groups in total. The Kier molecular flexibility index (Phi) is 7.55. The van der Waals surface area contributed by atoms with Crippen molar-refractivity contribution >= 4 is 11.9 Å². The van der Waals surface area contributed by atoms with Crippen molar-refractivity contribution in [3.05, 3.63) is 191 Å². The van der Waals surface area contributed by atoms with Gasteiger partial charge < -0.3 is 9.64 Å². The molecule has 41 heavy (non-hydrogen) atoms. The third-order valence-electron chi connectivity index (χ3n) is 7.46. The van der Waals surface area contributed by atoms with E-state index in [1.807, 2.05) is 151 Å². The Hall–Kier alpha value is -5.22. The van der Waals surface area contributed by atoms with E-state index in [0.717, 1.165) is 16.7 Å². The van der Waals surface area contributed by atoms with Crippen LogP contribution in [0.15, 0.2) is 163 Å². The fraction of sp³-hybridized carbons (Fsp3) is 0.0811. The Balaban J connectivity index is 1.59. The Morgan fingerprint density at radius 3 is 1.49 bits per heavy atom. The van der Waals surface area contributed by atoms with Crippen molar-refractivity contribution in [2.75, 3.05) is 0 Å². The summed E-state index contributed by atoms with van der Waals surface area (Å²) in [6.45, 7) is 0. The highest BCUT2D eigenvalue weighted by molar-refractivity contribution is 5.95. The number of nitrogens with zero attached hydrogens (tertiary/aromatic N) is 1. The van der Waals surface area contributed by atoms with Crippen molar-refractivity contribution in [1.29, 1.82) is 0 Å². The van der Waals surface area contributed by atoms with Gasteiger partial charge in [-0.05, 0) is 47.0 Å². The highest BCUT2D eigenvalue weighted by Crippen LogP contribution is 2.50. The van der Waals surface area contributed by atoms with E-state index in [4.69, 9.17) is 4.74 Å². The van der Waals surface area contributed by atoms with Gasteiger partial charge in [-0.2, -0.15) is 0 Å². The van der Waals surface area contributed by atoms with Crippen LogP contribution in [0.4, 0.5) is 0 Å². The summed E-state index contributed by atoms with van der Waals surface area (Å²) in [5.74, 6) is -0.443. The van der Waals surface area contributed by atoms with Gasteiger partial charge in [-0.15, -0.1) is 0 Å². The summed E-state index contributed by atoms with van der Waals surface area (Å²) >= 11 is 0. The summed E-state index contributed by atoms with van der Waals surface area (Å²) in [6.07, 6.45) is 1.94. The van der Waals surface area contributed by atoms with E-state index in [1.165, 1.54) is 0 Å². The molecule has 1 amide bonds. The van der Waals surface area contributed by atoms with Crippen LogP contribution in [0.1, 0.15) is 55.4 Å². The third kappa shape index (κ3) is 5.45. The van der Waals surface area contributed by atoms with E-state index in [0.29, 0.717) is 16.9 Å². The predicted octanol–water partition coefficient (Wildman–Crippen LogP) is 8.15. The molecule has 1 aliphatic rings. The number of esters is 1. The van der Waals surface area contributed by atoms with E-state index in [1.54, 1.807) is 12.1 Å². The number of carbonyl (C=O) groups is 2. The second-order valence-electron chi connectivity index (χ2n) is 10.0. The maximum atomic E-state index is 14.5. The molecular formula is C37H29NO3. The molecule has 0 radical (unpaired) electrons. The summed E-state index contributed by atoms with van der Waals surface area (Å²) in [4.78, 5) is 29.9. The van der Waals surface area contributed by atoms with Crippen LogP contribution in [-0.4, -0.2) is 16.8 Å². The number of carbonyl (C=O) groups excluding carboxylic acids is 2. The molecule has 4 heteroatoms. The van der Waals surface area contributed by atoms with E-state index in [9.17, 15) is 9.59 Å². The first-order chi connectivity index (χ1) is 20.2. The Morgan fingerprint density at radius 2 is 0.951 bits per heavy atom. The van der Waals surface area contributed by atoms with Crippen molar-refractivity contribution in [3.8, 4) is 0 Å². The van der Waals surface area contributed by atoms with Gasteiger partial charge in [0.2, 0.25) is 0 Å². The molecule has 0 fully saturated rings. The summed E-state index contributed by atoms with van der Waals surface area (Å²) < 4.78 is 6.27. The lowest BCUT2D eigenvalue weighted by molar-refractivity contribution is 0.0428. The topological polar surface area (TPSA) is 46.6 Å². The van der Waals surface area contributed by atoms with Gasteiger partial charge in [0.05, 0.1) is 23.6 Å². The largest absolute Gasteiger partial charge is 0.427 e. The van der Waals surface area contributed by atoms with E-state index >= 15 is 0 Å². The number of hydrogen-bond donors (Lipinski definition) is 0. The molecule has 0 spiro atoms. The molecular weight excluding hydrogens is 506 g/mol. The van der Waals surface area contributed by atoms with E-state index in [-0.39, 0.29) is 5.91 Å². The fourth-order valence-corrected chi connectivity index (χ4v) is 5.57. The minimum absolute atomic E-state index is 0.0982. The third-order valence-corrected chi connectivity index (χ3v) is 7.46. The monoisotopic (exact) mass is 535 g/mol. The maximum absolute atomic E-state index is 14.5. The maximum Gasteiger partial charge on any atom is 0.343 e. The second-order valence-corrected chi connectivity index (χ2v) is 10.0. The van der Waals surface area contributed by atoms with Crippen LogP contribution in [0, 0.1) is 0 Å². The Morgan fingerprint density at radius 1 is 0.512 bits per heavy atom. The summed E-state index contributed by atoms with van der Waals surface area (Å²) in [5.41, 5.74) is 3.89. The molecule has 0 unspecified atom stereocenters. The van der Waals surface area contributed by atoms with E-state index in [2.05, 4.69) is 0 Å². The van der Waals surface area contributed by atoms with Crippen molar-refractivity contribution < 1.29 is 14.3 Å². The number of hydrogen-bond acceptors (Lipinski definition) is 3. The number of amides is 1. The second kappa shape index (κ2) is 11.9. The summed E-state index contributed by atoms with van der Waals surface area (Å²) in [5, 5.41) is 0. The minimum Gasteiger partial charge on any atom is -0.427 e. The number of benzene rings is 5. The first kappa shape index (κ1) is 26.0. The zero-order valence-electron chi connectivity index (χ0n) is 22.4. The first-order valence-electron chi connectivity index (χ1n) is 13.7. The van der Waals surface area contributed by atoms with Gasteiger partial charge in [0.15, 0.2) is 0 Å². The van der Waals surface area contributed by atoms with Gasteiger partial charge in [0.1, 0.15) is 5.76 Å². The van der Waals surface area contributed by atoms with Gasteiger partial charge in [-0.25, -0.2) is 4.79 Å². The molecule has 3 atom stereocenters. The van der Waals surface area contributed by atoms with Crippen LogP contribution in [0.2, 0.25) is 0 Å². The summed E-state index contributed by atoms with van der Waals surface area (Å²) in [7, 11) is 0. The van der Waals surface area contributed by atoms with Gasteiger partial charge in [-0.3, -0.25) is 4.79 Å². The zero-order chi connectivity index (χ0) is 28.0. The van der Waals surface area contributed by atoms with Gasteiger partial charge >= 0.3 is 5.97 Å². The van der Waals surface area contributed by atoms with Crippen molar-refractivity contribution in [3.63, 3.8) is 0 Å². The molecule has 1 heterocycles. The highest BCUT2D eigenvalue weighted by Gasteiger charge is 2.44. The van der Waals surface area contributed by atoms with Gasteiger partial charge in [0.25, 0.3) is 5.91 Å². The normalized spacial score (nSPS) is 18.3. The van der Waals surface area contributed by atoms with Crippen molar-refractivity contribution in [2.24, 2.45) is 0 Å². The average Bonchev–Trinajstić information content (AvgIpc) is 3.06. The standard InChI is InChI=1S/C37H29NO3/c39-36(30-22-12-4-13-23-30)38-32(27-16-6-1-7-17-27)26-33(41-37(40)31-24-14-5-15-25-31)34(28-18-8-2-9-19-28)35(38)29-20-10-3-11-21-29/h1-26,32,34-35H/t32-,34-,35-/m0/s1. The van der Waals surface area contributed by atoms with Gasteiger partial charge in [-0.1, -0.05) is 127 Å². The van der Waals surface area contributed by atoms with Crippen LogP contribution >= 0.6 is 0 Å². The molecule has 4 nitrogen and oxygen atoms in total. The Labute approximate surface area is 240 Å². The van der Waals surface area contributed by atoms with Crippen LogP contribution in [0.25, 0.3) is 0 Å². The number of rotatable bonds is 6. The highest BCUT2D eigenvalue weighted by atomic mass is 16.5. The molecule has 200 valence electrons. The van der Waals surface area contributed by atoms with Crippen LogP contribution in [0.5, 0.6) is 0 Å². The lowest BCUT2D eigenvalue weighted by Gasteiger charge is -2.46.